The van der Waals surface area contributed by atoms with Crippen molar-refractivity contribution in [3.05, 3.63) is 185 Å². The van der Waals surface area contributed by atoms with Crippen LogP contribution < -0.4 is 16.0 Å². The number of hydrazine groups is 1. The SMILES string of the molecule is CCC/C(=C\CC1C=CC=CC1)C1=CC2Oc3ccc(-c4bcc(C(/C=C(\NN)c5ccccc5)c5ccccc5)cc4)cc3C2C=C1. The van der Waals surface area contributed by atoms with Crippen molar-refractivity contribution in [1.29, 1.82) is 0 Å². The first kappa shape index (κ1) is 31.7. The van der Waals surface area contributed by atoms with Gasteiger partial charge in [0.2, 0.25) is 0 Å². The molecule has 3 nitrogen and oxygen atoms in total. The van der Waals surface area contributed by atoms with E-state index >= 15 is 0 Å². The Kier molecular flexibility index (Phi) is 9.81. The third kappa shape index (κ3) is 7.00. The Morgan fingerprint density at radius 2 is 1.79 bits per heavy atom. The molecule has 0 spiro atoms. The van der Waals surface area contributed by atoms with Gasteiger partial charge in [0.1, 0.15) is 0 Å². The molecular weight excluding hydrogens is 583 g/mol. The fraction of sp³-hybridized carbons (Fsp3) is 0.205. The Hall–Kier alpha value is -4.93. The van der Waals surface area contributed by atoms with Gasteiger partial charge in [0.25, 0.3) is 0 Å². The van der Waals surface area contributed by atoms with E-state index < -0.39 is 0 Å². The molecule has 0 amide bonds. The van der Waals surface area contributed by atoms with Gasteiger partial charge < -0.3 is 0 Å². The standard InChI is InChI=1S/C44H43BN2O/c1-2-12-32(20-19-31-13-6-3-7-14-31)35-21-24-38-40-27-36(23-26-43(40)48-44(38)28-35)41-25-22-37(30-45-41)39(33-15-8-4-9-16-33)29-42(47-46)34-17-10-5-11-18-34/h3-11,13,15-18,20-31,38-39,44,47H,2,12,14,19,46H2,1H3/b32-20+,42-29-. The zero-order valence-electron chi connectivity index (χ0n) is 27.6. The van der Waals surface area contributed by atoms with Gasteiger partial charge in [-0.15, -0.1) is 0 Å². The van der Waals surface area contributed by atoms with Gasteiger partial charge in [0.05, 0.1) is 0 Å². The average molecular weight is 627 g/mol. The third-order valence-electron chi connectivity index (χ3n) is 9.77. The second kappa shape index (κ2) is 14.9. The van der Waals surface area contributed by atoms with Crippen LogP contribution in [0.3, 0.4) is 0 Å². The minimum absolute atomic E-state index is 0.0313. The van der Waals surface area contributed by atoms with Crippen LogP contribution in [0.15, 0.2) is 163 Å². The Morgan fingerprint density at radius 1 is 0.958 bits per heavy atom. The monoisotopic (exact) mass is 626 g/mol. The van der Waals surface area contributed by atoms with E-state index in [-0.39, 0.29) is 17.9 Å². The summed E-state index contributed by atoms with van der Waals surface area (Å²) >= 11 is 0. The van der Waals surface area contributed by atoms with E-state index in [1.165, 1.54) is 38.9 Å². The van der Waals surface area contributed by atoms with Gasteiger partial charge in [0, 0.05) is 0 Å². The molecule has 4 heteroatoms. The summed E-state index contributed by atoms with van der Waals surface area (Å²) < 4.78 is 6.54. The Balaban J connectivity index is 1.12. The first-order valence-corrected chi connectivity index (χ1v) is 17.3. The summed E-state index contributed by atoms with van der Waals surface area (Å²) in [6.45, 7) is 4.50. The summed E-state index contributed by atoms with van der Waals surface area (Å²) in [5, 5.41) is 0. The maximum atomic E-state index is 6.54. The van der Waals surface area contributed by atoms with Crippen molar-refractivity contribution in [2.75, 3.05) is 0 Å². The second-order valence-electron chi connectivity index (χ2n) is 13.0. The van der Waals surface area contributed by atoms with Crippen molar-refractivity contribution in [1.82, 2.24) is 5.43 Å². The van der Waals surface area contributed by atoms with Crippen molar-refractivity contribution in [3.8, 4) is 16.8 Å². The van der Waals surface area contributed by atoms with E-state index in [2.05, 4.69) is 153 Å². The predicted octanol–water partition coefficient (Wildman–Crippen LogP) is 9.92. The molecule has 0 saturated heterocycles. The van der Waals surface area contributed by atoms with Crippen LogP contribution in [-0.4, -0.2) is 13.0 Å². The Bertz CT molecular complexity index is 1900. The van der Waals surface area contributed by atoms with E-state index in [1.807, 2.05) is 18.2 Å². The topological polar surface area (TPSA) is 47.3 Å². The molecule has 3 N–H and O–H groups in total. The quantitative estimate of drug-likeness (QED) is 0.129. The van der Waals surface area contributed by atoms with Crippen molar-refractivity contribution >= 4 is 12.6 Å². The van der Waals surface area contributed by atoms with Gasteiger partial charge in [-0.25, -0.2) is 0 Å². The van der Waals surface area contributed by atoms with E-state index in [0.29, 0.717) is 5.92 Å². The van der Waals surface area contributed by atoms with Crippen molar-refractivity contribution in [2.24, 2.45) is 11.8 Å². The molecule has 4 aromatic rings. The van der Waals surface area contributed by atoms with E-state index in [1.54, 1.807) is 0 Å². The second-order valence-corrected chi connectivity index (χ2v) is 13.0. The van der Waals surface area contributed by atoms with Gasteiger partial charge in [-0.05, 0) is 6.42 Å². The summed E-state index contributed by atoms with van der Waals surface area (Å²) in [6.07, 6.45) is 25.1. The zero-order valence-corrected chi connectivity index (χ0v) is 27.6. The van der Waals surface area contributed by atoms with Gasteiger partial charge in [-0.2, -0.15) is 0 Å². The molecule has 0 fully saturated rings. The number of hydrogen-bond donors (Lipinski definition) is 2. The van der Waals surface area contributed by atoms with Crippen LogP contribution in [-0.2, 0) is 0 Å². The van der Waals surface area contributed by atoms with Crippen molar-refractivity contribution < 1.29 is 4.74 Å². The first-order valence-electron chi connectivity index (χ1n) is 17.3. The summed E-state index contributed by atoms with van der Waals surface area (Å²) in [5.41, 5.74) is 13.7. The zero-order chi connectivity index (χ0) is 32.7. The molecule has 2 heterocycles. The molecule has 4 unspecified atom stereocenters. The summed E-state index contributed by atoms with van der Waals surface area (Å²) in [7, 11) is 0. The summed E-state index contributed by atoms with van der Waals surface area (Å²) in [6, 6.07) is 32.0. The van der Waals surface area contributed by atoms with Crippen LogP contribution >= 0.6 is 0 Å². The van der Waals surface area contributed by atoms with Gasteiger partial charge in [0.15, 0.2) is 0 Å². The third-order valence-corrected chi connectivity index (χ3v) is 9.77. The molecule has 238 valence electrons. The number of allylic oxidation sites excluding steroid dienone is 9. The Labute approximate surface area is 286 Å². The van der Waals surface area contributed by atoms with Crippen LogP contribution in [0.4, 0.5) is 0 Å². The normalized spacial score (nSPS) is 20.4. The fourth-order valence-corrected chi connectivity index (χ4v) is 7.17. The number of benzene rings is 3. The average Bonchev–Trinajstić information content (AvgIpc) is 3.52. The molecule has 0 saturated carbocycles. The Morgan fingerprint density at radius 3 is 2.52 bits per heavy atom. The van der Waals surface area contributed by atoms with Crippen LogP contribution in [0.25, 0.3) is 16.7 Å². The molecule has 2 aliphatic carbocycles. The number of nitrogens with two attached hydrogens (primary N) is 1. The number of nitrogens with one attached hydrogen (secondary N) is 1. The molecule has 0 radical (unpaired) electrons. The minimum atomic E-state index is 0.0313. The molecule has 48 heavy (non-hydrogen) atoms. The van der Waals surface area contributed by atoms with E-state index in [4.69, 9.17) is 10.6 Å². The summed E-state index contributed by atoms with van der Waals surface area (Å²) in [4.78, 5) is 0. The van der Waals surface area contributed by atoms with E-state index in [9.17, 15) is 0 Å². The van der Waals surface area contributed by atoms with Gasteiger partial charge in [-0.1, -0.05) is 24.3 Å². The number of rotatable bonds is 11. The number of hydrogen-bond acceptors (Lipinski definition) is 3. The fourth-order valence-electron chi connectivity index (χ4n) is 7.17. The molecule has 7 rings (SSSR count). The van der Waals surface area contributed by atoms with E-state index in [0.717, 1.165) is 42.7 Å². The molecule has 0 bridgehead atoms. The van der Waals surface area contributed by atoms with Crippen LogP contribution in [0.2, 0.25) is 0 Å². The molecule has 1 aliphatic heterocycles. The molecule has 1 aromatic heterocycles. The van der Waals surface area contributed by atoms with Crippen molar-refractivity contribution in [3.63, 3.8) is 0 Å². The predicted molar refractivity (Wildman–Crippen MR) is 202 cm³/mol. The molecular formula is C44H43BN2O. The van der Waals surface area contributed by atoms with Gasteiger partial charge >= 0.3 is 256 Å². The van der Waals surface area contributed by atoms with Crippen LogP contribution in [0, 0.1) is 5.92 Å². The maximum absolute atomic E-state index is 6.54. The van der Waals surface area contributed by atoms with Crippen LogP contribution in [0.1, 0.15) is 66.7 Å². The first-order chi connectivity index (χ1) is 23.7. The molecule has 4 atom stereocenters. The van der Waals surface area contributed by atoms with Crippen molar-refractivity contribution in [2.45, 2.75) is 50.5 Å². The van der Waals surface area contributed by atoms with Gasteiger partial charge in [-0.3, -0.25) is 0 Å². The van der Waals surface area contributed by atoms with Crippen LogP contribution in [0.5, 0.6) is 5.75 Å². The molecule has 3 aliphatic rings. The number of fused-ring (bicyclic) bond motifs is 3. The molecule has 3 aromatic carbocycles. The summed E-state index contributed by atoms with van der Waals surface area (Å²) in [5.74, 6) is 10.1. The number of ether oxygens (including phenoxy) is 1.